The number of anilines is 1. The van der Waals surface area contributed by atoms with Crippen molar-refractivity contribution < 1.29 is 72.1 Å². The summed E-state index contributed by atoms with van der Waals surface area (Å²) in [5.41, 5.74) is 0.381. The molecule has 6 amide bonds. The highest BCUT2D eigenvalue weighted by Crippen LogP contribution is 2.34. The van der Waals surface area contributed by atoms with Crippen molar-refractivity contribution in [1.29, 1.82) is 0 Å². The number of aromatic nitrogens is 1. The van der Waals surface area contributed by atoms with Gasteiger partial charge in [-0.15, -0.1) is 11.3 Å². The van der Waals surface area contributed by atoms with Gasteiger partial charge in [-0.1, -0.05) is 67.4 Å². The number of Topliss-reactive ketones (excluding diaryl/α,β-unsaturated/α-hetero) is 3. The Labute approximate surface area is 528 Å². The van der Waals surface area contributed by atoms with Gasteiger partial charge in [0.05, 0.1) is 22.5 Å². The topological polar surface area (TPSA) is 302 Å². The molecule has 2 fully saturated rings. The number of phenols is 1. The second-order valence-corrected chi connectivity index (χ2v) is 25.5. The maximum Gasteiger partial charge on any atom is 0.373 e. The Morgan fingerprint density at radius 3 is 2.16 bits per heavy atom. The van der Waals surface area contributed by atoms with Crippen LogP contribution in [0.15, 0.2) is 23.6 Å². The SMILES string of the molecule is CCC[C@H](Cc1ccc(O)c(NC(=O)[C@H](C)CC(=O)[C@H](C)NC(=O)CC)c1)NC(=O)c1csc([C@@H](C[C@H](C(C)C)N(C)C(=O)[C@@H](CC(=O)C(C)(C)N2CCCC2)[C@@H](C)CC)OC(C)=O)n1.CCOCCCC(=O)CCCN1C(=O)CC(SC)C1=O.O=C=O. The molecule has 0 spiro atoms. The fraction of sp³-hybridized carbons (Fsp3) is 0.688. The van der Waals surface area contributed by atoms with E-state index >= 15 is 0 Å². The highest BCUT2D eigenvalue weighted by Gasteiger charge is 2.42. The number of imide groups is 1. The molecule has 3 heterocycles. The van der Waals surface area contributed by atoms with Gasteiger partial charge in [0.15, 0.2) is 17.7 Å². The van der Waals surface area contributed by atoms with Crippen molar-refractivity contribution in [2.75, 3.05) is 51.5 Å². The number of hydrogen-bond donors (Lipinski definition) is 4. The first-order valence-electron chi connectivity index (χ1n) is 30.9. The van der Waals surface area contributed by atoms with Gasteiger partial charge in [0.2, 0.25) is 29.5 Å². The number of hydrogen-bond acceptors (Lipinski definition) is 19. The molecule has 0 saturated carbocycles. The minimum absolute atomic E-state index is 0.0386. The lowest BCUT2D eigenvalue weighted by Gasteiger charge is -2.38. The van der Waals surface area contributed by atoms with Crippen LogP contribution in [0.4, 0.5) is 5.69 Å². The summed E-state index contributed by atoms with van der Waals surface area (Å²) in [6, 6.07) is 3.34. The van der Waals surface area contributed by atoms with Crippen LogP contribution in [0, 0.1) is 23.7 Å². The van der Waals surface area contributed by atoms with Gasteiger partial charge in [-0.3, -0.25) is 57.7 Å². The Morgan fingerprint density at radius 2 is 1.59 bits per heavy atom. The number of rotatable bonds is 36. The minimum Gasteiger partial charge on any atom is -0.506 e. The number of carbonyl (C=O) groups is 10. The van der Waals surface area contributed by atoms with Crippen molar-refractivity contribution in [3.05, 3.63) is 39.8 Å². The normalized spacial score (nSPS) is 16.5. The molecule has 4 N–H and O–H groups in total. The molecule has 22 nitrogen and oxygen atoms in total. The predicted molar refractivity (Wildman–Crippen MR) is 337 cm³/mol. The lowest BCUT2D eigenvalue weighted by Crippen LogP contribution is -2.51. The highest BCUT2D eigenvalue weighted by molar-refractivity contribution is 8.00. The van der Waals surface area contributed by atoms with E-state index in [1.807, 2.05) is 61.6 Å². The number of thioether (sulfide) groups is 1. The van der Waals surface area contributed by atoms with Gasteiger partial charge in [0.1, 0.15) is 22.2 Å². The van der Waals surface area contributed by atoms with Gasteiger partial charge < -0.3 is 35.4 Å². The van der Waals surface area contributed by atoms with Crippen LogP contribution in [-0.4, -0.2) is 165 Å². The van der Waals surface area contributed by atoms with Crippen LogP contribution in [0.25, 0.3) is 0 Å². The molecule has 492 valence electrons. The van der Waals surface area contributed by atoms with Crippen LogP contribution in [0.2, 0.25) is 0 Å². The number of carbonyl (C=O) groups excluding carboxylic acids is 12. The molecule has 0 aliphatic carbocycles. The molecular formula is C64H99N7O15S2. The van der Waals surface area contributed by atoms with Crippen molar-refractivity contribution in [2.45, 2.75) is 214 Å². The summed E-state index contributed by atoms with van der Waals surface area (Å²) >= 11 is 2.61. The molecule has 88 heavy (non-hydrogen) atoms. The predicted octanol–water partition coefficient (Wildman–Crippen LogP) is 8.47. The van der Waals surface area contributed by atoms with Crippen molar-refractivity contribution in [3.63, 3.8) is 0 Å². The molecule has 1 aromatic heterocycles. The largest absolute Gasteiger partial charge is 0.506 e. The highest BCUT2D eigenvalue weighted by atomic mass is 32.2. The summed E-state index contributed by atoms with van der Waals surface area (Å²) in [4.78, 5) is 153. The zero-order valence-corrected chi connectivity index (χ0v) is 56.0. The van der Waals surface area contributed by atoms with Crippen molar-refractivity contribution in [3.8, 4) is 5.75 Å². The summed E-state index contributed by atoms with van der Waals surface area (Å²) in [5, 5.41) is 20.8. The minimum atomic E-state index is -0.845. The molecule has 0 radical (unpaired) electrons. The van der Waals surface area contributed by atoms with E-state index in [0.717, 1.165) is 50.8 Å². The number of phenolic OH excluding ortho intramolecular Hbond substituents is 1. The molecule has 2 aliphatic rings. The monoisotopic (exact) mass is 1270 g/mol. The van der Waals surface area contributed by atoms with Crippen LogP contribution < -0.4 is 16.0 Å². The van der Waals surface area contributed by atoms with Gasteiger partial charge in [-0.2, -0.15) is 21.4 Å². The van der Waals surface area contributed by atoms with E-state index in [2.05, 4.69) is 25.8 Å². The average Bonchev–Trinajstić information content (AvgIpc) is 4.23. The number of ketones is 3. The van der Waals surface area contributed by atoms with Crippen molar-refractivity contribution >= 4 is 93.7 Å². The first-order chi connectivity index (χ1) is 41.5. The number of amides is 6. The second-order valence-electron chi connectivity index (χ2n) is 23.6. The van der Waals surface area contributed by atoms with E-state index in [1.165, 1.54) is 41.0 Å². The average molecular weight is 1270 g/mol. The summed E-state index contributed by atoms with van der Waals surface area (Å²) in [5.74, 6) is -3.58. The zero-order valence-electron chi connectivity index (χ0n) is 54.4. The van der Waals surface area contributed by atoms with Crippen LogP contribution in [-0.2, 0) is 68.6 Å². The molecule has 8 atom stereocenters. The number of likely N-dealkylation sites (tertiary alicyclic amines) is 2. The van der Waals surface area contributed by atoms with Crippen LogP contribution in [0.5, 0.6) is 5.75 Å². The molecule has 4 rings (SSSR count). The van der Waals surface area contributed by atoms with E-state index in [1.54, 1.807) is 50.2 Å². The molecule has 2 saturated heterocycles. The maximum atomic E-state index is 14.4. The third-order valence-corrected chi connectivity index (χ3v) is 18.1. The molecule has 1 aromatic carbocycles. The lowest BCUT2D eigenvalue weighted by atomic mass is 9.81. The van der Waals surface area contributed by atoms with Gasteiger partial charge in [-0.05, 0) is 115 Å². The Kier molecular flexibility index (Phi) is 35.2. The third kappa shape index (κ3) is 25.4. The summed E-state index contributed by atoms with van der Waals surface area (Å²) in [6.07, 6.45) is 8.85. The molecule has 24 heteroatoms. The van der Waals surface area contributed by atoms with Crippen LogP contribution in [0.3, 0.4) is 0 Å². The van der Waals surface area contributed by atoms with Gasteiger partial charge in [0, 0.05) is 108 Å². The standard InChI is InChI=1S/C49H76N6O9S.C14H23NO4S.CO2/c1-13-18-35(24-34-19-20-40(57)37(25-34)52-45(61)31(7)23-41(58)32(8)50-44(60)15-3)51-46(62)38-28-65-47(53-38)42(64-33(9)56)27-39(29(4)5)54(12)48(63)36(30(6)14-2)26-43(59)49(10,11)55-21-16-17-22-55;1-3-19-9-5-7-11(16)6-4-8-15-13(17)10-12(20-2)14(15)18;2-1-3/h19-20,25,28-32,35-36,39,42,57H,13-18,21-24,26-27H2,1-12H3,(H,50,60)(H,51,62)(H,52,61);12H,3-10H2,1-2H3;/t30-,31+,32-,35+,36-,39+,42+;;/m0../s1. The van der Waals surface area contributed by atoms with Crippen LogP contribution >= 0.6 is 23.1 Å². The molecule has 2 aromatic rings. The van der Waals surface area contributed by atoms with Crippen molar-refractivity contribution in [2.24, 2.45) is 23.7 Å². The summed E-state index contributed by atoms with van der Waals surface area (Å²) in [7, 11) is 1.76. The van der Waals surface area contributed by atoms with E-state index < -0.39 is 47.3 Å². The smallest absolute Gasteiger partial charge is 0.373 e. The number of benzene rings is 1. The van der Waals surface area contributed by atoms with E-state index in [9.17, 15) is 53.1 Å². The van der Waals surface area contributed by atoms with Gasteiger partial charge >= 0.3 is 12.1 Å². The quantitative estimate of drug-likeness (QED) is 0.0215. The molecule has 2 aliphatic heterocycles. The van der Waals surface area contributed by atoms with Crippen molar-refractivity contribution in [1.82, 2.24) is 30.3 Å². The second kappa shape index (κ2) is 39.7. The van der Waals surface area contributed by atoms with E-state index in [0.29, 0.717) is 63.3 Å². The maximum absolute atomic E-state index is 14.4. The van der Waals surface area contributed by atoms with Gasteiger partial charge in [0.25, 0.3) is 5.91 Å². The first-order valence-corrected chi connectivity index (χ1v) is 33.1. The number of aromatic hydroxyl groups is 1. The fourth-order valence-corrected chi connectivity index (χ4v) is 12.0. The fourth-order valence-electron chi connectivity index (χ4n) is 10.5. The van der Waals surface area contributed by atoms with Gasteiger partial charge in [-0.25, -0.2) is 4.98 Å². The molecule has 0 bridgehead atoms. The number of nitrogens with one attached hydrogen (secondary N) is 3. The number of esters is 1. The third-order valence-electron chi connectivity index (χ3n) is 16.2. The van der Waals surface area contributed by atoms with E-state index in [-0.39, 0.29) is 119 Å². The Bertz CT molecular complexity index is 2670. The summed E-state index contributed by atoms with van der Waals surface area (Å²) < 4.78 is 11.0. The van der Waals surface area contributed by atoms with Crippen LogP contribution in [0.1, 0.15) is 200 Å². The van der Waals surface area contributed by atoms with E-state index in [4.69, 9.17) is 19.1 Å². The number of thiazole rings is 1. The molecule has 1 unspecified atom stereocenters. The Morgan fingerprint density at radius 1 is 0.943 bits per heavy atom. The Hall–Kier alpha value is -6.20. The molecular weight excluding hydrogens is 1170 g/mol. The Balaban J connectivity index is 0.000000958. The number of nitrogens with zero attached hydrogens (tertiary/aromatic N) is 4. The zero-order chi connectivity index (χ0) is 66.4. The summed E-state index contributed by atoms with van der Waals surface area (Å²) in [6.45, 7) is 25.4. The number of ether oxygens (including phenoxy) is 2. The first kappa shape index (κ1) is 77.9. The lowest BCUT2D eigenvalue weighted by molar-refractivity contribution is -0.192.